The van der Waals surface area contributed by atoms with Gasteiger partial charge in [0.2, 0.25) is 0 Å². The third-order valence-electron chi connectivity index (χ3n) is 4.37. The molecule has 0 aliphatic heterocycles. The molecule has 5 nitrogen and oxygen atoms in total. The van der Waals surface area contributed by atoms with E-state index in [0.717, 1.165) is 11.6 Å². The average molecular weight is 291 g/mol. The van der Waals surface area contributed by atoms with Crippen molar-refractivity contribution in [3.05, 3.63) is 11.9 Å². The highest BCUT2D eigenvalue weighted by molar-refractivity contribution is 5.48. The van der Waals surface area contributed by atoms with Gasteiger partial charge >= 0.3 is 0 Å². The fourth-order valence-corrected chi connectivity index (χ4v) is 2.87. The molecule has 118 valence electrons. The van der Waals surface area contributed by atoms with Crippen molar-refractivity contribution in [1.82, 2.24) is 9.97 Å². The van der Waals surface area contributed by atoms with Gasteiger partial charge in [-0.3, -0.25) is 0 Å². The van der Waals surface area contributed by atoms with Crippen LogP contribution in [0.3, 0.4) is 0 Å². The van der Waals surface area contributed by atoms with Crippen molar-refractivity contribution in [3.8, 4) is 0 Å². The number of hydrogen-bond donors (Lipinski definition) is 3. The summed E-state index contributed by atoms with van der Waals surface area (Å²) in [5.74, 6) is 7.87. The number of hydrogen-bond acceptors (Lipinski definition) is 5. The molecule has 1 aliphatic rings. The van der Waals surface area contributed by atoms with E-state index >= 15 is 0 Å². The van der Waals surface area contributed by atoms with Gasteiger partial charge in [0.15, 0.2) is 0 Å². The lowest BCUT2D eigenvalue weighted by molar-refractivity contribution is 0.216. The van der Waals surface area contributed by atoms with Crippen LogP contribution in [-0.2, 0) is 5.41 Å². The topological polar surface area (TPSA) is 75.9 Å². The molecule has 0 radical (unpaired) electrons. The molecule has 5 heteroatoms. The van der Waals surface area contributed by atoms with Gasteiger partial charge in [0, 0.05) is 17.5 Å². The van der Waals surface area contributed by atoms with Crippen LogP contribution in [0.2, 0.25) is 0 Å². The Morgan fingerprint density at radius 1 is 1.19 bits per heavy atom. The second kappa shape index (κ2) is 5.79. The van der Waals surface area contributed by atoms with Gasteiger partial charge in [0.1, 0.15) is 17.5 Å². The van der Waals surface area contributed by atoms with Gasteiger partial charge in [0.25, 0.3) is 0 Å². The minimum atomic E-state index is -0.106. The van der Waals surface area contributed by atoms with Gasteiger partial charge in [-0.05, 0) is 18.3 Å². The molecule has 1 heterocycles. The molecule has 0 bridgehead atoms. The number of aromatic nitrogens is 2. The summed E-state index contributed by atoms with van der Waals surface area (Å²) in [6.45, 7) is 11.0. The van der Waals surface area contributed by atoms with Crippen LogP contribution in [0, 0.1) is 5.41 Å². The van der Waals surface area contributed by atoms with E-state index in [-0.39, 0.29) is 5.41 Å². The fourth-order valence-electron chi connectivity index (χ4n) is 2.87. The van der Waals surface area contributed by atoms with Crippen molar-refractivity contribution in [2.75, 3.05) is 10.7 Å². The number of rotatable bonds is 3. The van der Waals surface area contributed by atoms with Gasteiger partial charge in [0.05, 0.1) is 0 Å². The first-order chi connectivity index (χ1) is 9.72. The van der Waals surface area contributed by atoms with Gasteiger partial charge < -0.3 is 10.7 Å². The maximum atomic E-state index is 5.55. The van der Waals surface area contributed by atoms with E-state index in [4.69, 9.17) is 10.8 Å². The molecular formula is C16H29N5. The molecule has 1 saturated carbocycles. The van der Waals surface area contributed by atoms with Crippen LogP contribution in [-0.4, -0.2) is 16.0 Å². The number of nitrogens with zero attached hydrogens (tertiary/aromatic N) is 2. The van der Waals surface area contributed by atoms with E-state index in [2.05, 4.69) is 50.3 Å². The molecule has 1 atom stereocenters. The maximum Gasteiger partial charge on any atom is 0.145 e. The van der Waals surface area contributed by atoms with Crippen LogP contribution in [0.4, 0.5) is 11.6 Å². The van der Waals surface area contributed by atoms with Crippen molar-refractivity contribution in [2.45, 2.75) is 71.8 Å². The molecule has 1 unspecified atom stereocenters. The zero-order valence-electron chi connectivity index (χ0n) is 14.0. The van der Waals surface area contributed by atoms with E-state index in [1.165, 1.54) is 25.7 Å². The summed E-state index contributed by atoms with van der Waals surface area (Å²) in [6.07, 6.45) is 5.04. The SMILES string of the molecule is CC(C)(C)c1nc(NN)cc(NC2CCCCC2(C)C)n1. The lowest BCUT2D eigenvalue weighted by Crippen LogP contribution is -2.39. The van der Waals surface area contributed by atoms with Crippen molar-refractivity contribution < 1.29 is 0 Å². The monoisotopic (exact) mass is 291 g/mol. The summed E-state index contributed by atoms with van der Waals surface area (Å²) < 4.78 is 0. The summed E-state index contributed by atoms with van der Waals surface area (Å²) in [5, 5.41) is 3.61. The molecule has 0 amide bonds. The first-order valence-electron chi connectivity index (χ1n) is 7.85. The predicted octanol–water partition coefficient (Wildman–Crippen LogP) is 3.44. The first kappa shape index (κ1) is 16.0. The van der Waals surface area contributed by atoms with Crippen molar-refractivity contribution in [1.29, 1.82) is 0 Å². The van der Waals surface area contributed by atoms with E-state index in [0.29, 0.717) is 17.3 Å². The van der Waals surface area contributed by atoms with Crippen LogP contribution in [0.15, 0.2) is 6.07 Å². The van der Waals surface area contributed by atoms with Crippen molar-refractivity contribution in [3.63, 3.8) is 0 Å². The summed E-state index contributed by atoms with van der Waals surface area (Å²) in [4.78, 5) is 9.16. The molecule has 0 spiro atoms. The molecule has 21 heavy (non-hydrogen) atoms. The lowest BCUT2D eigenvalue weighted by Gasteiger charge is -2.39. The smallest absolute Gasteiger partial charge is 0.145 e. The summed E-state index contributed by atoms with van der Waals surface area (Å²) in [5.41, 5.74) is 2.83. The van der Waals surface area contributed by atoms with Crippen LogP contribution in [0.1, 0.15) is 66.1 Å². The van der Waals surface area contributed by atoms with Crippen LogP contribution in [0.5, 0.6) is 0 Å². The van der Waals surface area contributed by atoms with Crippen LogP contribution >= 0.6 is 0 Å². The summed E-state index contributed by atoms with van der Waals surface area (Å²) in [6, 6.07) is 2.33. The molecule has 0 aromatic carbocycles. The molecular weight excluding hydrogens is 262 g/mol. The number of anilines is 2. The zero-order valence-corrected chi connectivity index (χ0v) is 14.0. The fraction of sp³-hybridized carbons (Fsp3) is 0.750. The maximum absolute atomic E-state index is 5.55. The van der Waals surface area contributed by atoms with Crippen LogP contribution < -0.4 is 16.6 Å². The highest BCUT2D eigenvalue weighted by atomic mass is 15.3. The molecule has 4 N–H and O–H groups in total. The largest absolute Gasteiger partial charge is 0.367 e. The second-order valence-electron chi connectivity index (χ2n) is 7.79. The van der Waals surface area contributed by atoms with E-state index in [1.807, 2.05) is 6.07 Å². The molecule has 1 fully saturated rings. The lowest BCUT2D eigenvalue weighted by atomic mass is 9.73. The van der Waals surface area contributed by atoms with Crippen molar-refractivity contribution >= 4 is 11.6 Å². The Morgan fingerprint density at radius 3 is 2.43 bits per heavy atom. The number of nitrogen functional groups attached to an aromatic ring is 1. The predicted molar refractivity (Wildman–Crippen MR) is 88.2 cm³/mol. The molecule has 0 saturated heterocycles. The van der Waals surface area contributed by atoms with Gasteiger partial charge in [-0.2, -0.15) is 0 Å². The van der Waals surface area contributed by atoms with Gasteiger partial charge in [-0.15, -0.1) is 0 Å². The Kier molecular flexibility index (Phi) is 4.42. The highest BCUT2D eigenvalue weighted by Crippen LogP contribution is 2.37. The summed E-state index contributed by atoms with van der Waals surface area (Å²) >= 11 is 0. The van der Waals surface area contributed by atoms with Gasteiger partial charge in [-0.1, -0.05) is 47.5 Å². The number of hydrazine groups is 1. The Balaban J connectivity index is 2.27. The normalized spacial score (nSPS) is 21.9. The molecule has 1 aromatic heterocycles. The van der Waals surface area contributed by atoms with Crippen molar-refractivity contribution in [2.24, 2.45) is 11.3 Å². The van der Waals surface area contributed by atoms with E-state index in [1.54, 1.807) is 0 Å². The standard InChI is InChI=1S/C16H29N5/c1-15(2,3)14-19-12(10-13(20-14)21-17)18-11-8-6-7-9-16(11,4)5/h10-11H,6-9,17H2,1-5H3,(H2,18,19,20,21). The Bertz CT molecular complexity index is 490. The molecule has 1 aromatic rings. The Hall–Kier alpha value is -1.36. The third-order valence-corrected chi connectivity index (χ3v) is 4.37. The molecule has 1 aliphatic carbocycles. The Labute approximate surface area is 128 Å². The number of nitrogens with two attached hydrogens (primary N) is 1. The minimum Gasteiger partial charge on any atom is -0.367 e. The second-order valence-corrected chi connectivity index (χ2v) is 7.79. The summed E-state index contributed by atoms with van der Waals surface area (Å²) in [7, 11) is 0. The van der Waals surface area contributed by atoms with Gasteiger partial charge in [-0.25, -0.2) is 15.8 Å². The van der Waals surface area contributed by atoms with Crippen LogP contribution in [0.25, 0.3) is 0 Å². The van der Waals surface area contributed by atoms with E-state index < -0.39 is 0 Å². The highest BCUT2D eigenvalue weighted by Gasteiger charge is 2.32. The third kappa shape index (κ3) is 3.84. The average Bonchev–Trinajstić information content (AvgIpc) is 2.40. The molecule has 2 rings (SSSR count). The first-order valence-corrected chi connectivity index (χ1v) is 7.85. The zero-order chi connectivity index (χ0) is 15.7. The van der Waals surface area contributed by atoms with E-state index in [9.17, 15) is 0 Å². The number of nitrogens with one attached hydrogen (secondary N) is 2. The quantitative estimate of drug-likeness (QED) is 0.587. The Morgan fingerprint density at radius 2 is 1.86 bits per heavy atom. The minimum absolute atomic E-state index is 0.106.